The van der Waals surface area contributed by atoms with Gasteiger partial charge in [-0.2, -0.15) is 0 Å². The van der Waals surface area contributed by atoms with Crippen LogP contribution < -0.4 is 4.74 Å². The zero-order valence-corrected chi connectivity index (χ0v) is 20.7. The van der Waals surface area contributed by atoms with Crippen LogP contribution in [0.15, 0.2) is 64.4 Å². The third kappa shape index (κ3) is 5.40. The normalized spacial score (nSPS) is 14.2. The molecule has 1 aliphatic rings. The fourth-order valence-corrected chi connectivity index (χ4v) is 5.56. The van der Waals surface area contributed by atoms with Crippen molar-refractivity contribution >= 4 is 22.2 Å². The second-order valence-corrected chi connectivity index (χ2v) is 10.4. The lowest BCUT2D eigenvalue weighted by atomic mass is 10.0. The molecule has 0 unspecified atom stereocenters. The number of hydrogen-bond acceptors (Lipinski definition) is 4. The minimum atomic E-state index is -3.74. The van der Waals surface area contributed by atoms with E-state index in [0.29, 0.717) is 17.7 Å². The zero-order chi connectivity index (χ0) is 22.9. The van der Waals surface area contributed by atoms with Crippen molar-refractivity contribution in [2.24, 2.45) is 0 Å². The first kappa shape index (κ1) is 25.2. The summed E-state index contributed by atoms with van der Waals surface area (Å²) in [4.78, 5) is 2.68. The van der Waals surface area contributed by atoms with Crippen LogP contribution in [0.4, 0.5) is 4.39 Å². The number of sulfone groups is 1. The van der Waals surface area contributed by atoms with Gasteiger partial charge in [-0.1, -0.05) is 24.3 Å². The molecule has 176 valence electrons. The van der Waals surface area contributed by atoms with Gasteiger partial charge in [-0.05, 0) is 91.4 Å². The van der Waals surface area contributed by atoms with E-state index < -0.39 is 9.84 Å². The van der Waals surface area contributed by atoms with E-state index in [4.69, 9.17) is 4.74 Å². The fraction of sp³-hybridized carbons (Fsp3) is 0.308. The highest BCUT2D eigenvalue weighted by Crippen LogP contribution is 2.33. The van der Waals surface area contributed by atoms with Gasteiger partial charge in [-0.15, -0.1) is 12.4 Å². The standard InChI is InChI=1S/C26H28FNO3S.ClH/c1-18-4-5-20(15-24(18)27)14-19-6-8-23(9-7-19)32(29,30)26-17-22-11-13-28(2)12-10-21(22)16-25(26)31-3;/h4-9,15-17H,10-14H2,1-3H3;1H. The van der Waals surface area contributed by atoms with Crippen molar-refractivity contribution < 1.29 is 17.5 Å². The molecule has 1 aliphatic heterocycles. The molecule has 4 rings (SSSR count). The van der Waals surface area contributed by atoms with Gasteiger partial charge in [-0.3, -0.25) is 0 Å². The quantitative estimate of drug-likeness (QED) is 0.505. The van der Waals surface area contributed by atoms with Crippen LogP contribution in [0.2, 0.25) is 0 Å². The molecule has 0 spiro atoms. The molecule has 0 bridgehead atoms. The Morgan fingerprint density at radius 3 is 2.15 bits per heavy atom. The molecule has 7 heteroatoms. The molecule has 0 saturated carbocycles. The number of likely N-dealkylation sites (N-methyl/N-ethyl adjacent to an activating group) is 1. The van der Waals surface area contributed by atoms with Crippen molar-refractivity contribution in [3.63, 3.8) is 0 Å². The van der Waals surface area contributed by atoms with Gasteiger partial charge in [0.15, 0.2) is 0 Å². The van der Waals surface area contributed by atoms with Gasteiger partial charge in [0.05, 0.1) is 12.0 Å². The predicted molar refractivity (Wildman–Crippen MR) is 131 cm³/mol. The van der Waals surface area contributed by atoms with Gasteiger partial charge in [0.2, 0.25) is 9.84 Å². The minimum absolute atomic E-state index is 0. The van der Waals surface area contributed by atoms with E-state index in [1.807, 2.05) is 12.1 Å². The third-order valence-corrected chi connectivity index (χ3v) is 7.97. The van der Waals surface area contributed by atoms with Crippen molar-refractivity contribution in [2.45, 2.75) is 36.0 Å². The summed E-state index contributed by atoms with van der Waals surface area (Å²) in [5.74, 6) is 0.149. The van der Waals surface area contributed by atoms with Crippen molar-refractivity contribution in [3.8, 4) is 5.75 Å². The molecule has 1 heterocycles. The van der Waals surface area contributed by atoms with E-state index in [1.165, 1.54) is 13.2 Å². The Balaban J connectivity index is 0.00000306. The van der Waals surface area contributed by atoms with Crippen LogP contribution >= 0.6 is 12.4 Å². The maximum atomic E-state index is 13.8. The average Bonchev–Trinajstić information content (AvgIpc) is 2.97. The Hall–Kier alpha value is -2.41. The van der Waals surface area contributed by atoms with Crippen molar-refractivity contribution in [1.82, 2.24) is 4.90 Å². The smallest absolute Gasteiger partial charge is 0.210 e. The molecule has 3 aromatic rings. The van der Waals surface area contributed by atoms with Crippen LogP contribution in [0, 0.1) is 12.7 Å². The fourth-order valence-electron chi connectivity index (χ4n) is 4.11. The summed E-state index contributed by atoms with van der Waals surface area (Å²) in [6, 6.07) is 15.6. The second-order valence-electron chi connectivity index (χ2n) is 8.48. The van der Waals surface area contributed by atoms with Gasteiger partial charge < -0.3 is 9.64 Å². The molecule has 3 aromatic carbocycles. The molecular formula is C26H29ClFNO3S. The van der Waals surface area contributed by atoms with Crippen LogP contribution in [0.3, 0.4) is 0 Å². The third-order valence-electron chi connectivity index (χ3n) is 6.18. The molecule has 0 aliphatic carbocycles. The Labute approximate surface area is 201 Å². The van der Waals surface area contributed by atoms with E-state index in [9.17, 15) is 12.8 Å². The number of rotatable bonds is 5. The first-order chi connectivity index (χ1) is 15.3. The van der Waals surface area contributed by atoms with Gasteiger partial charge in [0, 0.05) is 13.1 Å². The largest absolute Gasteiger partial charge is 0.495 e. The summed E-state index contributed by atoms with van der Waals surface area (Å²) < 4.78 is 46.2. The second kappa shape index (κ2) is 10.2. The van der Waals surface area contributed by atoms with Gasteiger partial charge >= 0.3 is 0 Å². The minimum Gasteiger partial charge on any atom is -0.495 e. The number of ether oxygens (including phenoxy) is 1. The molecule has 0 amide bonds. The number of fused-ring (bicyclic) bond motifs is 1. The van der Waals surface area contributed by atoms with Crippen molar-refractivity contribution in [1.29, 1.82) is 0 Å². The van der Waals surface area contributed by atoms with E-state index in [1.54, 1.807) is 43.3 Å². The average molecular weight is 490 g/mol. The molecule has 0 radical (unpaired) electrons. The number of methoxy groups -OCH3 is 1. The van der Waals surface area contributed by atoms with Gasteiger partial charge in [0.1, 0.15) is 16.5 Å². The lowest BCUT2D eigenvalue weighted by Gasteiger charge is -2.15. The highest BCUT2D eigenvalue weighted by Gasteiger charge is 2.25. The SMILES string of the molecule is COc1cc2c(cc1S(=O)(=O)c1ccc(Cc3ccc(C)c(F)c3)cc1)CCN(C)CC2.Cl. The van der Waals surface area contributed by atoms with E-state index in [0.717, 1.165) is 48.2 Å². The topological polar surface area (TPSA) is 46.6 Å². The Morgan fingerprint density at radius 1 is 0.939 bits per heavy atom. The Bertz CT molecular complexity index is 1240. The lowest BCUT2D eigenvalue weighted by Crippen LogP contribution is -2.20. The number of nitrogens with zero attached hydrogens (tertiary/aromatic N) is 1. The van der Waals surface area contributed by atoms with E-state index in [-0.39, 0.29) is 28.0 Å². The number of aryl methyl sites for hydroxylation is 1. The lowest BCUT2D eigenvalue weighted by molar-refractivity contribution is 0.352. The first-order valence-corrected chi connectivity index (χ1v) is 12.2. The summed E-state index contributed by atoms with van der Waals surface area (Å²) in [6.07, 6.45) is 2.22. The molecule has 0 fully saturated rings. The zero-order valence-electron chi connectivity index (χ0n) is 19.1. The van der Waals surface area contributed by atoms with Crippen LogP contribution in [0.1, 0.15) is 27.8 Å². The molecule has 0 atom stereocenters. The molecule has 33 heavy (non-hydrogen) atoms. The van der Waals surface area contributed by atoms with Crippen LogP contribution in [0.5, 0.6) is 5.75 Å². The van der Waals surface area contributed by atoms with Crippen molar-refractivity contribution in [2.75, 3.05) is 27.2 Å². The summed E-state index contributed by atoms with van der Waals surface area (Å²) in [7, 11) is -0.157. The number of halogens is 2. The monoisotopic (exact) mass is 489 g/mol. The summed E-state index contributed by atoms with van der Waals surface area (Å²) in [6.45, 7) is 3.56. The molecule has 0 N–H and O–H groups in total. The number of benzene rings is 3. The van der Waals surface area contributed by atoms with Gasteiger partial charge in [0.25, 0.3) is 0 Å². The van der Waals surface area contributed by atoms with Crippen LogP contribution in [0.25, 0.3) is 0 Å². The van der Waals surface area contributed by atoms with Crippen LogP contribution in [-0.4, -0.2) is 40.6 Å². The maximum absolute atomic E-state index is 13.8. The highest BCUT2D eigenvalue weighted by molar-refractivity contribution is 7.91. The van der Waals surface area contributed by atoms with E-state index in [2.05, 4.69) is 11.9 Å². The molecular weight excluding hydrogens is 461 g/mol. The Kier molecular flexibility index (Phi) is 7.83. The molecule has 4 nitrogen and oxygen atoms in total. The summed E-state index contributed by atoms with van der Waals surface area (Å²) in [5, 5.41) is 0. The maximum Gasteiger partial charge on any atom is 0.210 e. The van der Waals surface area contributed by atoms with Gasteiger partial charge in [-0.25, -0.2) is 12.8 Å². The van der Waals surface area contributed by atoms with Crippen LogP contribution in [-0.2, 0) is 29.1 Å². The van der Waals surface area contributed by atoms with E-state index >= 15 is 0 Å². The summed E-state index contributed by atoms with van der Waals surface area (Å²) >= 11 is 0. The molecule has 0 aromatic heterocycles. The number of hydrogen-bond donors (Lipinski definition) is 0. The highest BCUT2D eigenvalue weighted by atomic mass is 35.5. The predicted octanol–water partition coefficient (Wildman–Crippen LogP) is 5.02. The summed E-state index contributed by atoms with van der Waals surface area (Å²) in [5.41, 5.74) is 4.58. The first-order valence-electron chi connectivity index (χ1n) is 10.8. The Morgan fingerprint density at radius 2 is 1.55 bits per heavy atom. The van der Waals surface area contributed by atoms with Crippen molar-refractivity contribution in [3.05, 3.63) is 88.2 Å². The molecule has 0 saturated heterocycles.